The summed E-state index contributed by atoms with van der Waals surface area (Å²) in [4.78, 5) is 10.8. The Labute approximate surface area is 117 Å². The van der Waals surface area contributed by atoms with E-state index in [1.807, 2.05) is 18.2 Å². The van der Waals surface area contributed by atoms with Crippen LogP contribution < -0.4 is 0 Å². The largest absolute Gasteiger partial charge is 0.481 e. The fourth-order valence-electron chi connectivity index (χ4n) is 2.48. The molecule has 3 atom stereocenters. The zero-order valence-electron chi connectivity index (χ0n) is 10.2. The average Bonchev–Trinajstić information content (AvgIpc) is 3.09. The Bertz CT molecular complexity index is 459. The van der Waals surface area contributed by atoms with Crippen molar-refractivity contribution in [3.05, 3.63) is 33.8 Å². The number of hydrogen-bond donors (Lipinski definition) is 1. The molecule has 0 spiro atoms. The summed E-state index contributed by atoms with van der Waals surface area (Å²) in [5, 5.41) is 10.0. The molecule has 1 aromatic carbocycles. The summed E-state index contributed by atoms with van der Waals surface area (Å²) in [6, 6.07) is 5.69. The first-order valence-corrected chi connectivity index (χ1v) is 6.96. The Kier molecular flexibility index (Phi) is 4.18. The molecule has 1 aliphatic rings. The highest BCUT2D eigenvalue weighted by molar-refractivity contribution is 6.42. The summed E-state index contributed by atoms with van der Waals surface area (Å²) in [5.74, 6) is -0.109. The molecule has 1 aliphatic carbocycles. The maximum atomic E-state index is 10.8. The van der Waals surface area contributed by atoms with Gasteiger partial charge in [0.15, 0.2) is 0 Å². The summed E-state index contributed by atoms with van der Waals surface area (Å²) in [6.45, 7) is 2.12. The van der Waals surface area contributed by atoms with Crippen LogP contribution in [0.1, 0.15) is 37.7 Å². The van der Waals surface area contributed by atoms with Crippen molar-refractivity contribution in [2.24, 2.45) is 11.8 Å². The molecular weight excluding hydrogens is 271 g/mol. The van der Waals surface area contributed by atoms with Gasteiger partial charge in [-0.25, -0.2) is 0 Å². The van der Waals surface area contributed by atoms with Gasteiger partial charge in [-0.15, -0.1) is 0 Å². The highest BCUT2D eigenvalue weighted by Crippen LogP contribution is 2.46. The molecule has 0 radical (unpaired) electrons. The van der Waals surface area contributed by atoms with Crippen molar-refractivity contribution in [2.75, 3.05) is 0 Å². The van der Waals surface area contributed by atoms with E-state index in [-0.39, 0.29) is 5.92 Å². The van der Waals surface area contributed by atoms with Gasteiger partial charge in [-0.1, -0.05) is 36.2 Å². The van der Waals surface area contributed by atoms with Crippen molar-refractivity contribution >= 4 is 29.2 Å². The van der Waals surface area contributed by atoms with Gasteiger partial charge >= 0.3 is 5.97 Å². The average molecular weight is 287 g/mol. The Hall–Kier alpha value is -0.730. The second-order valence-electron chi connectivity index (χ2n) is 4.95. The van der Waals surface area contributed by atoms with E-state index < -0.39 is 5.97 Å². The third-order valence-electron chi connectivity index (χ3n) is 3.73. The highest BCUT2D eigenvalue weighted by Gasteiger charge is 2.43. The summed E-state index contributed by atoms with van der Waals surface area (Å²) in [6.07, 6.45) is 2.72. The molecule has 3 unspecified atom stereocenters. The van der Waals surface area contributed by atoms with Crippen LogP contribution in [0.3, 0.4) is 0 Å². The third-order valence-corrected chi connectivity index (χ3v) is 4.47. The lowest BCUT2D eigenvalue weighted by molar-refractivity contribution is -0.138. The smallest absolute Gasteiger partial charge is 0.306 e. The minimum atomic E-state index is -0.663. The van der Waals surface area contributed by atoms with E-state index in [1.165, 1.54) is 0 Å². The van der Waals surface area contributed by atoms with Crippen LogP contribution in [0, 0.1) is 11.8 Å². The van der Waals surface area contributed by atoms with E-state index in [9.17, 15) is 4.79 Å². The van der Waals surface area contributed by atoms with Gasteiger partial charge in [-0.2, -0.15) is 0 Å². The molecule has 0 bridgehead atoms. The topological polar surface area (TPSA) is 37.3 Å². The van der Waals surface area contributed by atoms with Gasteiger partial charge in [-0.05, 0) is 48.8 Å². The van der Waals surface area contributed by atoms with Gasteiger partial charge in [0, 0.05) is 0 Å². The molecule has 1 saturated carbocycles. The van der Waals surface area contributed by atoms with E-state index in [4.69, 9.17) is 28.3 Å². The van der Waals surface area contributed by atoms with Crippen molar-refractivity contribution < 1.29 is 9.90 Å². The van der Waals surface area contributed by atoms with Crippen LogP contribution >= 0.6 is 23.2 Å². The Morgan fingerprint density at radius 2 is 2.17 bits per heavy atom. The number of halogens is 2. The zero-order valence-corrected chi connectivity index (χ0v) is 11.7. The van der Waals surface area contributed by atoms with Gasteiger partial charge in [0.2, 0.25) is 0 Å². The third kappa shape index (κ3) is 2.99. The number of hydrogen-bond acceptors (Lipinski definition) is 1. The minimum absolute atomic E-state index is 0.137. The Morgan fingerprint density at radius 1 is 1.44 bits per heavy atom. The predicted octanol–water partition coefficient (Wildman–Crippen LogP) is 4.60. The standard InChI is InChI=1S/C14H16Cl2O2/c1-2-8(5-10-6-11(10)14(17)18)9-3-4-12(15)13(16)7-9/h3-4,7-8,10-11H,2,5-6H2,1H3,(H,17,18). The molecule has 0 saturated heterocycles. The minimum Gasteiger partial charge on any atom is -0.481 e. The highest BCUT2D eigenvalue weighted by atomic mass is 35.5. The Morgan fingerprint density at radius 3 is 2.67 bits per heavy atom. The fourth-order valence-corrected chi connectivity index (χ4v) is 2.79. The van der Waals surface area contributed by atoms with Crippen LogP contribution in [0.2, 0.25) is 10.0 Å². The molecule has 1 aromatic rings. The van der Waals surface area contributed by atoms with E-state index in [0.29, 0.717) is 21.9 Å². The first kappa shape index (κ1) is 13.7. The second kappa shape index (κ2) is 5.50. The molecule has 98 valence electrons. The molecular formula is C14H16Cl2O2. The lowest BCUT2D eigenvalue weighted by Gasteiger charge is -2.15. The van der Waals surface area contributed by atoms with E-state index in [0.717, 1.165) is 24.8 Å². The van der Waals surface area contributed by atoms with Crippen molar-refractivity contribution in [3.63, 3.8) is 0 Å². The predicted molar refractivity (Wildman–Crippen MR) is 73.3 cm³/mol. The molecule has 0 aromatic heterocycles. The summed E-state index contributed by atoms with van der Waals surface area (Å²) >= 11 is 11.9. The molecule has 4 heteroatoms. The molecule has 0 heterocycles. The Balaban J connectivity index is 2.05. The first-order chi connectivity index (χ1) is 8.52. The van der Waals surface area contributed by atoms with E-state index in [1.54, 1.807) is 0 Å². The molecule has 2 nitrogen and oxygen atoms in total. The number of rotatable bonds is 5. The second-order valence-corrected chi connectivity index (χ2v) is 5.77. The lowest BCUT2D eigenvalue weighted by Crippen LogP contribution is -2.04. The van der Waals surface area contributed by atoms with Crippen LogP contribution in [0.4, 0.5) is 0 Å². The quantitative estimate of drug-likeness (QED) is 0.859. The summed E-state index contributed by atoms with van der Waals surface area (Å²) in [7, 11) is 0. The van der Waals surface area contributed by atoms with Gasteiger partial charge in [0.1, 0.15) is 0 Å². The van der Waals surface area contributed by atoms with Gasteiger partial charge < -0.3 is 5.11 Å². The number of benzene rings is 1. The van der Waals surface area contributed by atoms with Gasteiger partial charge in [0.05, 0.1) is 16.0 Å². The SMILES string of the molecule is CCC(CC1CC1C(=O)O)c1ccc(Cl)c(Cl)c1. The molecule has 0 amide bonds. The number of carboxylic acid groups (broad SMARTS) is 1. The van der Waals surface area contributed by atoms with Crippen molar-refractivity contribution in [1.29, 1.82) is 0 Å². The lowest BCUT2D eigenvalue weighted by atomic mass is 9.91. The number of carboxylic acids is 1. The molecule has 18 heavy (non-hydrogen) atoms. The maximum absolute atomic E-state index is 10.8. The maximum Gasteiger partial charge on any atom is 0.306 e. The normalized spacial score (nSPS) is 23.7. The van der Waals surface area contributed by atoms with Crippen LogP contribution in [0.25, 0.3) is 0 Å². The number of aliphatic carboxylic acids is 1. The summed E-state index contributed by atoms with van der Waals surface area (Å²) in [5.41, 5.74) is 1.16. The van der Waals surface area contributed by atoms with Gasteiger partial charge in [-0.3, -0.25) is 4.79 Å². The van der Waals surface area contributed by atoms with Crippen molar-refractivity contribution in [2.45, 2.75) is 32.1 Å². The molecule has 0 aliphatic heterocycles. The van der Waals surface area contributed by atoms with Crippen LogP contribution in [0.5, 0.6) is 0 Å². The van der Waals surface area contributed by atoms with Crippen LogP contribution in [-0.2, 0) is 4.79 Å². The van der Waals surface area contributed by atoms with Crippen LogP contribution in [0.15, 0.2) is 18.2 Å². The first-order valence-electron chi connectivity index (χ1n) is 6.20. The number of carbonyl (C=O) groups is 1. The van der Waals surface area contributed by atoms with E-state index >= 15 is 0 Å². The molecule has 1 N–H and O–H groups in total. The molecule has 1 fully saturated rings. The monoisotopic (exact) mass is 286 g/mol. The fraction of sp³-hybridized carbons (Fsp3) is 0.500. The van der Waals surface area contributed by atoms with Crippen molar-refractivity contribution in [1.82, 2.24) is 0 Å². The van der Waals surface area contributed by atoms with Crippen LogP contribution in [-0.4, -0.2) is 11.1 Å². The zero-order chi connectivity index (χ0) is 13.3. The summed E-state index contributed by atoms with van der Waals surface area (Å²) < 4.78 is 0. The van der Waals surface area contributed by atoms with E-state index in [2.05, 4.69) is 6.92 Å². The molecule has 2 rings (SSSR count). The van der Waals surface area contributed by atoms with Crippen molar-refractivity contribution in [3.8, 4) is 0 Å². The van der Waals surface area contributed by atoms with Gasteiger partial charge in [0.25, 0.3) is 0 Å².